The van der Waals surface area contributed by atoms with E-state index in [0.29, 0.717) is 11.3 Å². The second-order valence-electron chi connectivity index (χ2n) is 4.46. The van der Waals surface area contributed by atoms with Gasteiger partial charge in [-0.1, -0.05) is 12.1 Å². The number of pyridine rings is 1. The number of anilines is 1. The molecule has 0 fully saturated rings. The SMILES string of the molecule is COc1ccc(NC(C)c2ccc(C)c(F)c2)nc1. The van der Waals surface area contributed by atoms with Gasteiger partial charge in [0.2, 0.25) is 0 Å². The van der Waals surface area contributed by atoms with Gasteiger partial charge in [0.25, 0.3) is 0 Å². The Kier molecular flexibility index (Phi) is 4.00. The molecule has 0 saturated heterocycles. The lowest BCUT2D eigenvalue weighted by molar-refractivity contribution is 0.413. The van der Waals surface area contributed by atoms with E-state index in [2.05, 4.69) is 10.3 Å². The summed E-state index contributed by atoms with van der Waals surface area (Å²) in [4.78, 5) is 4.23. The van der Waals surface area contributed by atoms with Gasteiger partial charge in [-0.15, -0.1) is 0 Å². The van der Waals surface area contributed by atoms with Crippen molar-refractivity contribution in [1.82, 2.24) is 4.98 Å². The van der Waals surface area contributed by atoms with E-state index in [1.807, 2.05) is 25.1 Å². The molecule has 1 aromatic heterocycles. The minimum absolute atomic E-state index is 0.0176. The number of aromatic nitrogens is 1. The van der Waals surface area contributed by atoms with E-state index >= 15 is 0 Å². The first-order valence-electron chi connectivity index (χ1n) is 6.13. The monoisotopic (exact) mass is 260 g/mol. The van der Waals surface area contributed by atoms with Gasteiger partial charge in [0.05, 0.1) is 19.3 Å². The Morgan fingerprint density at radius 3 is 2.63 bits per heavy atom. The molecule has 19 heavy (non-hydrogen) atoms. The molecule has 1 aromatic carbocycles. The summed E-state index contributed by atoms with van der Waals surface area (Å²) in [6, 6.07) is 8.90. The van der Waals surface area contributed by atoms with Crippen molar-refractivity contribution in [3.63, 3.8) is 0 Å². The number of ether oxygens (including phenoxy) is 1. The highest BCUT2D eigenvalue weighted by Gasteiger charge is 2.08. The van der Waals surface area contributed by atoms with Crippen LogP contribution in [0.25, 0.3) is 0 Å². The smallest absolute Gasteiger partial charge is 0.137 e. The van der Waals surface area contributed by atoms with Gasteiger partial charge in [-0.3, -0.25) is 0 Å². The van der Waals surface area contributed by atoms with Gasteiger partial charge in [0, 0.05) is 0 Å². The van der Waals surface area contributed by atoms with Crippen LogP contribution in [0.1, 0.15) is 24.1 Å². The number of nitrogens with one attached hydrogen (secondary N) is 1. The lowest BCUT2D eigenvalue weighted by Crippen LogP contribution is -2.08. The zero-order valence-corrected chi connectivity index (χ0v) is 11.3. The first kappa shape index (κ1) is 13.3. The molecule has 1 unspecified atom stereocenters. The van der Waals surface area contributed by atoms with Gasteiger partial charge in [-0.2, -0.15) is 0 Å². The van der Waals surface area contributed by atoms with Gasteiger partial charge in [0.15, 0.2) is 0 Å². The molecule has 0 bridgehead atoms. The summed E-state index contributed by atoms with van der Waals surface area (Å²) in [7, 11) is 1.60. The van der Waals surface area contributed by atoms with Gasteiger partial charge >= 0.3 is 0 Å². The molecule has 0 aliphatic carbocycles. The van der Waals surface area contributed by atoms with Crippen LogP contribution in [-0.4, -0.2) is 12.1 Å². The fourth-order valence-corrected chi connectivity index (χ4v) is 1.77. The highest BCUT2D eigenvalue weighted by molar-refractivity contribution is 5.40. The summed E-state index contributed by atoms with van der Waals surface area (Å²) >= 11 is 0. The third-order valence-corrected chi connectivity index (χ3v) is 3.03. The highest BCUT2D eigenvalue weighted by atomic mass is 19.1. The Labute approximate surface area is 112 Å². The third kappa shape index (κ3) is 3.22. The standard InChI is InChI=1S/C15H17FN2O/c1-10-4-5-12(8-14(10)16)11(2)18-15-7-6-13(19-3)9-17-15/h4-9,11H,1-3H3,(H,17,18). The zero-order chi connectivity index (χ0) is 13.8. The van der Waals surface area contributed by atoms with E-state index in [9.17, 15) is 4.39 Å². The van der Waals surface area contributed by atoms with Crippen molar-refractivity contribution in [3.05, 3.63) is 53.5 Å². The van der Waals surface area contributed by atoms with Gasteiger partial charge in [-0.05, 0) is 43.2 Å². The fraction of sp³-hybridized carbons (Fsp3) is 0.267. The largest absolute Gasteiger partial charge is 0.495 e. The molecule has 0 radical (unpaired) electrons. The number of rotatable bonds is 4. The van der Waals surface area contributed by atoms with E-state index in [-0.39, 0.29) is 11.9 Å². The summed E-state index contributed by atoms with van der Waals surface area (Å²) in [5.41, 5.74) is 1.54. The number of aryl methyl sites for hydroxylation is 1. The minimum atomic E-state index is -0.186. The molecule has 0 spiro atoms. The van der Waals surface area contributed by atoms with Crippen LogP contribution < -0.4 is 10.1 Å². The maximum atomic E-state index is 13.5. The maximum absolute atomic E-state index is 13.5. The molecule has 0 aliphatic heterocycles. The molecule has 0 saturated carbocycles. The van der Waals surface area contributed by atoms with Crippen molar-refractivity contribution in [2.24, 2.45) is 0 Å². The van der Waals surface area contributed by atoms with Crippen LogP contribution in [0, 0.1) is 12.7 Å². The molecule has 0 amide bonds. The Morgan fingerprint density at radius 1 is 1.26 bits per heavy atom. The van der Waals surface area contributed by atoms with E-state index in [0.717, 1.165) is 11.4 Å². The lowest BCUT2D eigenvalue weighted by atomic mass is 10.1. The van der Waals surface area contributed by atoms with Crippen molar-refractivity contribution in [3.8, 4) is 5.75 Å². The Hall–Kier alpha value is -2.10. The highest BCUT2D eigenvalue weighted by Crippen LogP contribution is 2.21. The van der Waals surface area contributed by atoms with Crippen molar-refractivity contribution in [2.45, 2.75) is 19.9 Å². The van der Waals surface area contributed by atoms with Crippen molar-refractivity contribution < 1.29 is 9.13 Å². The van der Waals surface area contributed by atoms with Crippen LogP contribution >= 0.6 is 0 Å². The number of methoxy groups -OCH3 is 1. The predicted octanol–water partition coefficient (Wildman–Crippen LogP) is 3.71. The number of halogens is 1. The van der Waals surface area contributed by atoms with Crippen LogP contribution in [0.15, 0.2) is 36.5 Å². The zero-order valence-electron chi connectivity index (χ0n) is 11.3. The number of hydrogen-bond acceptors (Lipinski definition) is 3. The molecule has 3 nitrogen and oxygen atoms in total. The molecule has 4 heteroatoms. The molecule has 100 valence electrons. The van der Waals surface area contributed by atoms with Crippen LogP contribution in [0.4, 0.5) is 10.2 Å². The van der Waals surface area contributed by atoms with Crippen molar-refractivity contribution >= 4 is 5.82 Å². The summed E-state index contributed by atoms with van der Waals surface area (Å²) in [6.45, 7) is 3.72. The average molecular weight is 260 g/mol. The predicted molar refractivity (Wildman–Crippen MR) is 74.0 cm³/mol. The summed E-state index contributed by atoms with van der Waals surface area (Å²) in [5.74, 6) is 1.25. The Balaban J connectivity index is 2.10. The van der Waals surface area contributed by atoms with E-state index < -0.39 is 0 Å². The first-order chi connectivity index (χ1) is 9.10. The quantitative estimate of drug-likeness (QED) is 0.910. The lowest BCUT2D eigenvalue weighted by Gasteiger charge is -2.15. The van der Waals surface area contributed by atoms with E-state index in [4.69, 9.17) is 4.74 Å². The van der Waals surface area contributed by atoms with Gasteiger partial charge < -0.3 is 10.1 Å². The molecule has 1 atom stereocenters. The summed E-state index contributed by atoms with van der Waals surface area (Å²) < 4.78 is 18.6. The second-order valence-corrected chi connectivity index (χ2v) is 4.46. The maximum Gasteiger partial charge on any atom is 0.137 e. The van der Waals surface area contributed by atoms with Gasteiger partial charge in [0.1, 0.15) is 17.4 Å². The molecular weight excluding hydrogens is 243 g/mol. The first-order valence-corrected chi connectivity index (χ1v) is 6.13. The number of benzene rings is 1. The van der Waals surface area contributed by atoms with E-state index in [1.54, 1.807) is 32.4 Å². The minimum Gasteiger partial charge on any atom is -0.495 e. The van der Waals surface area contributed by atoms with Crippen LogP contribution in [0.2, 0.25) is 0 Å². The average Bonchev–Trinajstić information content (AvgIpc) is 2.42. The van der Waals surface area contributed by atoms with Gasteiger partial charge in [-0.25, -0.2) is 9.37 Å². The summed E-state index contributed by atoms with van der Waals surface area (Å²) in [6.07, 6.45) is 1.64. The summed E-state index contributed by atoms with van der Waals surface area (Å²) in [5, 5.41) is 3.22. The molecule has 1 heterocycles. The Bertz CT molecular complexity index is 555. The molecule has 1 N–H and O–H groups in total. The topological polar surface area (TPSA) is 34.1 Å². The van der Waals surface area contributed by atoms with Crippen molar-refractivity contribution in [2.75, 3.05) is 12.4 Å². The Morgan fingerprint density at radius 2 is 2.05 bits per heavy atom. The molecule has 2 rings (SSSR count). The fourth-order valence-electron chi connectivity index (χ4n) is 1.77. The molecular formula is C15H17FN2O. The van der Waals surface area contributed by atoms with Crippen LogP contribution in [-0.2, 0) is 0 Å². The molecule has 2 aromatic rings. The second kappa shape index (κ2) is 5.69. The van der Waals surface area contributed by atoms with Crippen LogP contribution in [0.5, 0.6) is 5.75 Å². The van der Waals surface area contributed by atoms with E-state index in [1.165, 1.54) is 0 Å². The number of hydrogen-bond donors (Lipinski definition) is 1. The van der Waals surface area contributed by atoms with Crippen molar-refractivity contribution in [1.29, 1.82) is 0 Å². The molecule has 0 aliphatic rings. The van der Waals surface area contributed by atoms with Crippen LogP contribution in [0.3, 0.4) is 0 Å². The third-order valence-electron chi connectivity index (χ3n) is 3.03. The number of nitrogens with zero attached hydrogens (tertiary/aromatic N) is 1. The normalized spacial score (nSPS) is 12.0.